The van der Waals surface area contributed by atoms with Crippen molar-refractivity contribution in [1.29, 1.82) is 0 Å². The Bertz CT molecular complexity index is 512. The molecule has 1 heterocycles. The van der Waals surface area contributed by atoms with Crippen LogP contribution < -0.4 is 9.47 Å². The first-order chi connectivity index (χ1) is 7.52. The molecule has 0 radical (unpaired) electrons. The number of hydrogen-bond acceptors (Lipinski definition) is 5. The van der Waals surface area contributed by atoms with Gasteiger partial charge in [-0.15, -0.1) is 11.8 Å². The third-order valence-corrected chi connectivity index (χ3v) is 4.36. The average Bonchev–Trinajstić information content (AvgIpc) is 2.26. The van der Waals surface area contributed by atoms with Gasteiger partial charge in [-0.05, 0) is 12.3 Å². The number of halogens is 1. The van der Waals surface area contributed by atoms with Crippen molar-refractivity contribution in [2.75, 3.05) is 19.5 Å². The van der Waals surface area contributed by atoms with Crippen molar-refractivity contribution in [1.82, 2.24) is 0 Å². The molecule has 0 amide bonds. The SMILES string of the molecule is CSc1cc2c(cc1S(=O)(=O)Cl)OCCO2. The van der Waals surface area contributed by atoms with Crippen LogP contribution in [-0.2, 0) is 9.05 Å². The summed E-state index contributed by atoms with van der Waals surface area (Å²) in [5.41, 5.74) is 0. The van der Waals surface area contributed by atoms with Gasteiger partial charge >= 0.3 is 0 Å². The van der Waals surface area contributed by atoms with Gasteiger partial charge in [0.1, 0.15) is 13.2 Å². The van der Waals surface area contributed by atoms with Crippen molar-refractivity contribution in [2.24, 2.45) is 0 Å². The molecule has 0 saturated carbocycles. The molecule has 88 valence electrons. The van der Waals surface area contributed by atoms with Crippen LogP contribution in [0, 0.1) is 0 Å². The molecule has 4 nitrogen and oxygen atoms in total. The molecular formula is C9H9ClO4S2. The molecule has 0 N–H and O–H groups in total. The quantitative estimate of drug-likeness (QED) is 0.613. The van der Waals surface area contributed by atoms with Crippen molar-refractivity contribution in [2.45, 2.75) is 9.79 Å². The second kappa shape index (κ2) is 4.35. The molecule has 2 rings (SSSR count). The minimum Gasteiger partial charge on any atom is -0.486 e. The van der Waals surface area contributed by atoms with Crippen LogP contribution in [0.5, 0.6) is 11.5 Å². The second-order valence-electron chi connectivity index (χ2n) is 3.08. The molecule has 0 fully saturated rings. The van der Waals surface area contributed by atoms with E-state index in [9.17, 15) is 8.42 Å². The van der Waals surface area contributed by atoms with Crippen LogP contribution in [-0.4, -0.2) is 27.9 Å². The topological polar surface area (TPSA) is 52.6 Å². The van der Waals surface area contributed by atoms with Gasteiger partial charge in [0.2, 0.25) is 0 Å². The summed E-state index contributed by atoms with van der Waals surface area (Å²) in [6.07, 6.45) is 1.77. The zero-order valence-corrected chi connectivity index (χ0v) is 10.8. The summed E-state index contributed by atoms with van der Waals surface area (Å²) in [5.74, 6) is 0.975. The van der Waals surface area contributed by atoms with Gasteiger partial charge in [-0.3, -0.25) is 0 Å². The molecule has 1 aromatic carbocycles. The van der Waals surface area contributed by atoms with Crippen LogP contribution >= 0.6 is 22.4 Å². The van der Waals surface area contributed by atoms with Crippen molar-refractivity contribution >= 4 is 31.5 Å². The van der Waals surface area contributed by atoms with Gasteiger partial charge in [-0.1, -0.05) is 0 Å². The van der Waals surface area contributed by atoms with E-state index < -0.39 is 9.05 Å². The predicted molar refractivity (Wildman–Crippen MR) is 62.3 cm³/mol. The van der Waals surface area contributed by atoms with E-state index in [0.29, 0.717) is 29.6 Å². The van der Waals surface area contributed by atoms with Crippen LogP contribution in [0.2, 0.25) is 0 Å². The first kappa shape index (κ1) is 11.9. The highest BCUT2D eigenvalue weighted by atomic mass is 35.7. The lowest BCUT2D eigenvalue weighted by Gasteiger charge is -2.19. The van der Waals surface area contributed by atoms with Crippen molar-refractivity contribution in [3.05, 3.63) is 12.1 Å². The summed E-state index contributed by atoms with van der Waals surface area (Å²) in [7, 11) is 1.58. The molecule has 1 aromatic rings. The number of rotatable bonds is 2. The van der Waals surface area contributed by atoms with E-state index in [1.807, 2.05) is 0 Å². The summed E-state index contributed by atoms with van der Waals surface area (Å²) in [4.78, 5) is 0.616. The third kappa shape index (κ3) is 2.23. The molecule has 0 aromatic heterocycles. The molecule has 16 heavy (non-hydrogen) atoms. The minimum absolute atomic E-state index is 0.0610. The standard InChI is InChI=1S/C9H9ClO4S2/c1-15-8-4-6-7(14-3-2-13-6)5-9(8)16(10,11)12/h4-5H,2-3H2,1H3. The van der Waals surface area contributed by atoms with Crippen molar-refractivity contribution in [3.63, 3.8) is 0 Å². The maximum absolute atomic E-state index is 11.4. The Morgan fingerprint density at radius 1 is 1.25 bits per heavy atom. The molecule has 0 saturated heterocycles. The molecule has 0 unspecified atom stereocenters. The zero-order chi connectivity index (χ0) is 11.8. The Morgan fingerprint density at radius 3 is 2.31 bits per heavy atom. The number of benzene rings is 1. The Hall–Kier alpha value is -0.590. The van der Waals surface area contributed by atoms with Gasteiger partial charge < -0.3 is 9.47 Å². The summed E-state index contributed by atoms with van der Waals surface area (Å²) >= 11 is 1.30. The maximum Gasteiger partial charge on any atom is 0.262 e. The number of fused-ring (bicyclic) bond motifs is 1. The van der Waals surface area contributed by atoms with E-state index in [1.54, 1.807) is 12.3 Å². The predicted octanol–water partition coefficient (Wildman–Crippen LogP) is 2.11. The summed E-state index contributed by atoms with van der Waals surface area (Å²) in [5, 5.41) is 0. The van der Waals surface area contributed by atoms with Crippen LogP contribution in [0.4, 0.5) is 0 Å². The average molecular weight is 281 g/mol. The van der Waals surface area contributed by atoms with Crippen molar-refractivity contribution in [3.8, 4) is 11.5 Å². The van der Waals surface area contributed by atoms with Crippen LogP contribution in [0.3, 0.4) is 0 Å². The molecule has 1 aliphatic heterocycles. The smallest absolute Gasteiger partial charge is 0.262 e. The highest BCUT2D eigenvalue weighted by molar-refractivity contribution is 8.14. The minimum atomic E-state index is -3.76. The first-order valence-electron chi connectivity index (χ1n) is 4.44. The maximum atomic E-state index is 11.4. The van der Waals surface area contributed by atoms with E-state index in [2.05, 4.69) is 0 Å². The summed E-state index contributed by atoms with van der Waals surface area (Å²) in [6, 6.07) is 3.04. The summed E-state index contributed by atoms with van der Waals surface area (Å²) < 4.78 is 33.4. The van der Waals surface area contributed by atoms with E-state index in [1.165, 1.54) is 17.8 Å². The molecule has 0 atom stereocenters. The summed E-state index contributed by atoms with van der Waals surface area (Å²) in [6.45, 7) is 0.876. The number of ether oxygens (including phenoxy) is 2. The highest BCUT2D eigenvalue weighted by Crippen LogP contribution is 2.39. The third-order valence-electron chi connectivity index (χ3n) is 2.09. The van der Waals surface area contributed by atoms with Gasteiger partial charge in [-0.2, -0.15) is 0 Å². The molecule has 0 spiro atoms. The van der Waals surface area contributed by atoms with E-state index in [4.69, 9.17) is 20.2 Å². The van der Waals surface area contributed by atoms with Crippen LogP contribution in [0.1, 0.15) is 0 Å². The van der Waals surface area contributed by atoms with Gasteiger partial charge in [0.15, 0.2) is 11.5 Å². The van der Waals surface area contributed by atoms with Crippen LogP contribution in [0.15, 0.2) is 21.9 Å². The van der Waals surface area contributed by atoms with E-state index >= 15 is 0 Å². The van der Waals surface area contributed by atoms with Crippen LogP contribution in [0.25, 0.3) is 0 Å². The molecule has 0 bridgehead atoms. The largest absolute Gasteiger partial charge is 0.486 e. The lowest BCUT2D eigenvalue weighted by atomic mass is 10.3. The van der Waals surface area contributed by atoms with Gasteiger partial charge in [-0.25, -0.2) is 8.42 Å². The van der Waals surface area contributed by atoms with Gasteiger partial charge in [0.05, 0.1) is 4.90 Å². The fourth-order valence-electron chi connectivity index (χ4n) is 1.40. The lowest BCUT2D eigenvalue weighted by molar-refractivity contribution is 0.170. The van der Waals surface area contributed by atoms with E-state index in [0.717, 1.165) is 0 Å². The fraction of sp³-hybridized carbons (Fsp3) is 0.333. The zero-order valence-electron chi connectivity index (χ0n) is 8.40. The van der Waals surface area contributed by atoms with Gasteiger partial charge in [0.25, 0.3) is 9.05 Å². The second-order valence-corrected chi connectivity index (χ2v) is 6.47. The number of thioether (sulfide) groups is 1. The first-order valence-corrected chi connectivity index (χ1v) is 7.98. The Labute approximate surface area is 102 Å². The lowest BCUT2D eigenvalue weighted by Crippen LogP contribution is -2.15. The van der Waals surface area contributed by atoms with Crippen molar-refractivity contribution < 1.29 is 17.9 Å². The van der Waals surface area contributed by atoms with E-state index in [-0.39, 0.29) is 4.90 Å². The molecular weight excluding hydrogens is 272 g/mol. The Morgan fingerprint density at radius 2 is 1.81 bits per heavy atom. The Kier molecular flexibility index (Phi) is 3.23. The fourth-order valence-corrected chi connectivity index (χ4v) is 3.53. The molecule has 7 heteroatoms. The Balaban J connectivity index is 2.61. The highest BCUT2D eigenvalue weighted by Gasteiger charge is 2.21. The monoisotopic (exact) mass is 280 g/mol. The molecule has 0 aliphatic carbocycles. The molecule has 1 aliphatic rings. The normalized spacial score (nSPS) is 14.9. The van der Waals surface area contributed by atoms with Gasteiger partial charge in [0, 0.05) is 21.6 Å². The number of hydrogen-bond donors (Lipinski definition) is 0.